The van der Waals surface area contributed by atoms with E-state index in [1.807, 2.05) is 31.2 Å². The van der Waals surface area contributed by atoms with E-state index in [1.54, 1.807) is 12.4 Å². The number of hydrogen-bond donors (Lipinski definition) is 1. The fourth-order valence-electron chi connectivity index (χ4n) is 1.42. The lowest BCUT2D eigenvalue weighted by molar-refractivity contribution is 0.293. The zero-order valence-electron chi connectivity index (χ0n) is 10.1. The molecule has 94 valence electrons. The highest BCUT2D eigenvalue weighted by molar-refractivity contribution is 9.10. The SMILES string of the molecule is CCNc1cncc(OCc2ccc(Br)cc2)n1. The molecule has 1 N–H and O–H groups in total. The van der Waals surface area contributed by atoms with Crippen LogP contribution in [0.2, 0.25) is 0 Å². The van der Waals surface area contributed by atoms with Crippen LogP contribution in [-0.2, 0) is 6.61 Å². The molecule has 0 fully saturated rings. The van der Waals surface area contributed by atoms with Crippen LogP contribution in [0.25, 0.3) is 0 Å². The third-order valence-electron chi connectivity index (χ3n) is 2.27. The molecule has 0 aliphatic rings. The summed E-state index contributed by atoms with van der Waals surface area (Å²) in [5.41, 5.74) is 1.09. The van der Waals surface area contributed by atoms with Crippen molar-refractivity contribution in [3.05, 3.63) is 46.7 Å². The Morgan fingerprint density at radius 3 is 2.72 bits per heavy atom. The van der Waals surface area contributed by atoms with Gasteiger partial charge in [-0.25, -0.2) is 0 Å². The molecule has 0 aliphatic heterocycles. The van der Waals surface area contributed by atoms with Crippen molar-refractivity contribution in [1.82, 2.24) is 9.97 Å². The molecule has 0 saturated carbocycles. The number of benzene rings is 1. The summed E-state index contributed by atoms with van der Waals surface area (Å²) >= 11 is 3.40. The molecule has 0 aliphatic carbocycles. The summed E-state index contributed by atoms with van der Waals surface area (Å²) in [4.78, 5) is 8.36. The van der Waals surface area contributed by atoms with Gasteiger partial charge in [0.25, 0.3) is 0 Å². The summed E-state index contributed by atoms with van der Waals surface area (Å²) in [6.45, 7) is 3.30. The number of nitrogens with zero attached hydrogens (tertiary/aromatic N) is 2. The summed E-state index contributed by atoms with van der Waals surface area (Å²) in [5.74, 6) is 1.25. The van der Waals surface area contributed by atoms with Gasteiger partial charge in [-0.2, -0.15) is 4.98 Å². The smallest absolute Gasteiger partial charge is 0.234 e. The predicted molar refractivity (Wildman–Crippen MR) is 74.7 cm³/mol. The van der Waals surface area contributed by atoms with E-state index in [2.05, 4.69) is 31.2 Å². The van der Waals surface area contributed by atoms with Crippen LogP contribution in [0, 0.1) is 0 Å². The highest BCUT2D eigenvalue weighted by atomic mass is 79.9. The van der Waals surface area contributed by atoms with Gasteiger partial charge in [0.2, 0.25) is 5.88 Å². The second-order valence-corrected chi connectivity index (χ2v) is 4.60. The first kappa shape index (κ1) is 12.8. The maximum absolute atomic E-state index is 5.59. The molecule has 18 heavy (non-hydrogen) atoms. The lowest BCUT2D eigenvalue weighted by Gasteiger charge is -2.07. The van der Waals surface area contributed by atoms with Gasteiger partial charge < -0.3 is 10.1 Å². The topological polar surface area (TPSA) is 47.0 Å². The van der Waals surface area contributed by atoms with Crippen LogP contribution in [0.5, 0.6) is 5.88 Å². The lowest BCUT2D eigenvalue weighted by Crippen LogP contribution is -2.02. The molecule has 0 radical (unpaired) electrons. The number of anilines is 1. The first-order chi connectivity index (χ1) is 8.78. The molecule has 0 saturated heterocycles. The Kier molecular flexibility index (Phi) is 4.52. The molecule has 0 bridgehead atoms. The van der Waals surface area contributed by atoms with Crippen LogP contribution < -0.4 is 10.1 Å². The number of halogens is 1. The van der Waals surface area contributed by atoms with Crippen LogP contribution in [0.4, 0.5) is 5.82 Å². The third-order valence-corrected chi connectivity index (χ3v) is 2.80. The molecule has 0 unspecified atom stereocenters. The van der Waals surface area contributed by atoms with E-state index < -0.39 is 0 Å². The maximum atomic E-state index is 5.59. The summed E-state index contributed by atoms with van der Waals surface area (Å²) in [7, 11) is 0. The Balaban J connectivity index is 1.97. The van der Waals surface area contributed by atoms with Gasteiger partial charge in [0, 0.05) is 11.0 Å². The van der Waals surface area contributed by atoms with Gasteiger partial charge in [-0.15, -0.1) is 0 Å². The number of aromatic nitrogens is 2. The van der Waals surface area contributed by atoms with Crippen molar-refractivity contribution in [1.29, 1.82) is 0 Å². The van der Waals surface area contributed by atoms with Crippen LogP contribution in [-0.4, -0.2) is 16.5 Å². The van der Waals surface area contributed by atoms with E-state index in [0.29, 0.717) is 12.5 Å². The zero-order valence-corrected chi connectivity index (χ0v) is 11.6. The molecule has 2 aromatic rings. The Morgan fingerprint density at radius 2 is 2.00 bits per heavy atom. The molecule has 0 atom stereocenters. The Hall–Kier alpha value is -1.62. The van der Waals surface area contributed by atoms with Crippen molar-refractivity contribution in [2.75, 3.05) is 11.9 Å². The Morgan fingerprint density at radius 1 is 1.22 bits per heavy atom. The van der Waals surface area contributed by atoms with Crippen molar-refractivity contribution >= 4 is 21.7 Å². The quantitative estimate of drug-likeness (QED) is 0.921. The van der Waals surface area contributed by atoms with Gasteiger partial charge in [0.1, 0.15) is 12.4 Å². The minimum atomic E-state index is 0.484. The van der Waals surface area contributed by atoms with Crippen molar-refractivity contribution in [3.8, 4) is 5.88 Å². The number of ether oxygens (including phenoxy) is 1. The highest BCUT2D eigenvalue weighted by Gasteiger charge is 2.00. The van der Waals surface area contributed by atoms with Gasteiger partial charge in [0.05, 0.1) is 12.4 Å². The molecule has 0 amide bonds. The Labute approximate surface area is 115 Å². The van der Waals surface area contributed by atoms with E-state index in [4.69, 9.17) is 4.74 Å². The van der Waals surface area contributed by atoms with Crippen molar-refractivity contribution in [2.45, 2.75) is 13.5 Å². The van der Waals surface area contributed by atoms with Gasteiger partial charge >= 0.3 is 0 Å². The van der Waals surface area contributed by atoms with Crippen LogP contribution >= 0.6 is 15.9 Å². The number of nitrogens with one attached hydrogen (secondary N) is 1. The van der Waals surface area contributed by atoms with Gasteiger partial charge in [-0.3, -0.25) is 4.98 Å². The monoisotopic (exact) mass is 307 g/mol. The van der Waals surface area contributed by atoms with Crippen molar-refractivity contribution in [2.24, 2.45) is 0 Å². The van der Waals surface area contributed by atoms with Crippen LogP contribution in [0.3, 0.4) is 0 Å². The number of hydrogen-bond acceptors (Lipinski definition) is 4. The number of rotatable bonds is 5. The van der Waals surface area contributed by atoms with E-state index in [1.165, 1.54) is 0 Å². The maximum Gasteiger partial charge on any atom is 0.234 e. The molecule has 5 heteroatoms. The fourth-order valence-corrected chi connectivity index (χ4v) is 1.69. The largest absolute Gasteiger partial charge is 0.472 e. The second-order valence-electron chi connectivity index (χ2n) is 3.69. The van der Waals surface area contributed by atoms with E-state index in [-0.39, 0.29) is 0 Å². The minimum Gasteiger partial charge on any atom is -0.472 e. The second kappa shape index (κ2) is 6.35. The normalized spacial score (nSPS) is 10.1. The van der Waals surface area contributed by atoms with Gasteiger partial charge in [0.15, 0.2) is 0 Å². The summed E-state index contributed by atoms with van der Waals surface area (Å²) in [6.07, 6.45) is 3.29. The first-order valence-corrected chi connectivity index (χ1v) is 6.50. The molecule has 0 spiro atoms. The standard InChI is InChI=1S/C13H14BrN3O/c1-2-16-12-7-15-8-13(17-12)18-9-10-3-5-11(14)6-4-10/h3-8H,2,9H2,1H3,(H,16,17). The average molecular weight is 308 g/mol. The third kappa shape index (κ3) is 3.70. The average Bonchev–Trinajstić information content (AvgIpc) is 2.39. The van der Waals surface area contributed by atoms with E-state index in [0.717, 1.165) is 22.4 Å². The summed E-state index contributed by atoms with van der Waals surface area (Å²) in [5, 5.41) is 3.09. The molecular weight excluding hydrogens is 294 g/mol. The van der Waals surface area contributed by atoms with Gasteiger partial charge in [-0.05, 0) is 24.6 Å². The van der Waals surface area contributed by atoms with Gasteiger partial charge in [-0.1, -0.05) is 28.1 Å². The van der Waals surface area contributed by atoms with Crippen molar-refractivity contribution < 1.29 is 4.74 Å². The fraction of sp³-hybridized carbons (Fsp3) is 0.231. The lowest BCUT2D eigenvalue weighted by atomic mass is 10.2. The van der Waals surface area contributed by atoms with E-state index in [9.17, 15) is 0 Å². The molecule has 1 aromatic carbocycles. The minimum absolute atomic E-state index is 0.484. The van der Waals surface area contributed by atoms with Crippen LogP contribution in [0.1, 0.15) is 12.5 Å². The van der Waals surface area contributed by atoms with Crippen molar-refractivity contribution in [3.63, 3.8) is 0 Å². The Bertz CT molecular complexity index is 502. The van der Waals surface area contributed by atoms with Crippen LogP contribution in [0.15, 0.2) is 41.1 Å². The molecule has 4 nitrogen and oxygen atoms in total. The molecular formula is C13H14BrN3O. The summed E-state index contributed by atoms with van der Waals surface area (Å²) < 4.78 is 6.65. The highest BCUT2D eigenvalue weighted by Crippen LogP contribution is 2.14. The first-order valence-electron chi connectivity index (χ1n) is 5.71. The summed E-state index contributed by atoms with van der Waals surface area (Å²) in [6, 6.07) is 7.98. The molecule has 1 heterocycles. The molecule has 1 aromatic heterocycles. The predicted octanol–water partition coefficient (Wildman–Crippen LogP) is 3.25. The molecule has 2 rings (SSSR count). The van der Waals surface area contributed by atoms with E-state index >= 15 is 0 Å². The zero-order chi connectivity index (χ0) is 12.8.